The van der Waals surface area contributed by atoms with Crippen molar-refractivity contribution in [2.24, 2.45) is 0 Å². The molecule has 2 aromatic heterocycles. The fourth-order valence-electron chi connectivity index (χ4n) is 4.14. The monoisotopic (exact) mass is 612 g/mol. The molecule has 234 valence electrons. The van der Waals surface area contributed by atoms with Crippen molar-refractivity contribution in [1.29, 1.82) is 0 Å². The summed E-state index contributed by atoms with van der Waals surface area (Å²) in [6, 6.07) is 27.8. The number of carbonyl (C=O) groups is 3. The highest BCUT2D eigenvalue weighted by Crippen LogP contribution is 2.22. The second kappa shape index (κ2) is 16.8. The van der Waals surface area contributed by atoms with Gasteiger partial charge in [0.15, 0.2) is 23.0 Å². The molecular weight excluding hydrogens is 576 g/mol. The Labute approximate surface area is 261 Å². The number of rotatable bonds is 8. The first-order valence-electron chi connectivity index (χ1n) is 14.1. The Balaban J connectivity index is 0.000000198. The fraction of sp³-hybridized carbons (Fsp3) is 0.206. The smallest absolute Gasteiger partial charge is 0.360 e. The number of hydrogen-bond donors (Lipinski definition) is 1. The van der Waals surface area contributed by atoms with Gasteiger partial charge in [0, 0.05) is 16.7 Å². The number of carbonyl (C=O) groups excluding carboxylic acids is 3. The number of ether oxygens (including phenoxy) is 2. The van der Waals surface area contributed by atoms with E-state index in [1.807, 2.05) is 78.9 Å². The molecule has 3 aromatic carbocycles. The molecule has 0 unspecified atom stereocenters. The van der Waals surface area contributed by atoms with E-state index < -0.39 is 11.9 Å². The fourth-order valence-corrected chi connectivity index (χ4v) is 4.14. The van der Waals surface area contributed by atoms with Gasteiger partial charge in [-0.05, 0) is 27.7 Å². The van der Waals surface area contributed by atoms with Crippen LogP contribution in [0.1, 0.15) is 56.6 Å². The maximum atomic E-state index is 11.9. The van der Waals surface area contributed by atoms with Crippen molar-refractivity contribution in [3.63, 3.8) is 0 Å². The largest absolute Gasteiger partial charge is 0.461 e. The minimum absolute atomic E-state index is 0.0655. The van der Waals surface area contributed by atoms with Crippen LogP contribution in [-0.4, -0.2) is 63.2 Å². The third kappa shape index (κ3) is 8.66. The minimum atomic E-state index is -0.577. The van der Waals surface area contributed by atoms with E-state index in [9.17, 15) is 19.6 Å². The molecule has 0 bridgehead atoms. The normalized spacial score (nSPS) is 9.98. The van der Waals surface area contributed by atoms with Gasteiger partial charge in [-0.15, -0.1) is 0 Å². The number of aryl methyl sites for hydroxylation is 2. The molecule has 0 fully saturated rings. The molecule has 0 saturated carbocycles. The summed E-state index contributed by atoms with van der Waals surface area (Å²) in [7, 11) is 1.50. The molecule has 5 rings (SSSR count). The number of esters is 2. The van der Waals surface area contributed by atoms with Gasteiger partial charge in [0.2, 0.25) is 0 Å². The number of benzene rings is 3. The third-order valence-electron chi connectivity index (χ3n) is 6.16. The Morgan fingerprint density at radius 2 is 1.13 bits per heavy atom. The number of aromatic nitrogens is 4. The Morgan fingerprint density at radius 1 is 0.711 bits per heavy atom. The second-order valence-electron chi connectivity index (χ2n) is 9.23. The number of imidazole rings is 2. The lowest BCUT2D eigenvalue weighted by molar-refractivity contribution is 0.0464. The van der Waals surface area contributed by atoms with Crippen molar-refractivity contribution in [2.45, 2.75) is 27.7 Å². The Morgan fingerprint density at radius 3 is 1.58 bits per heavy atom. The summed E-state index contributed by atoms with van der Waals surface area (Å²) in [5, 5.41) is 10.0. The van der Waals surface area contributed by atoms with Crippen molar-refractivity contribution < 1.29 is 33.9 Å². The van der Waals surface area contributed by atoms with Crippen molar-refractivity contribution in [2.75, 3.05) is 20.3 Å². The molecule has 0 saturated heterocycles. The lowest BCUT2D eigenvalue weighted by atomic mass is 10.2. The molecule has 1 N–H and O–H groups in total. The van der Waals surface area contributed by atoms with Gasteiger partial charge >= 0.3 is 11.9 Å². The molecule has 0 radical (unpaired) electrons. The van der Waals surface area contributed by atoms with Crippen molar-refractivity contribution in [3.05, 3.63) is 119 Å². The molecule has 0 spiro atoms. The van der Waals surface area contributed by atoms with Crippen LogP contribution in [0.5, 0.6) is 0 Å². The SMILES string of the molecule is CCOC(=O)c1c(C)nc(-c2ccccc2)n1O.CCOC(=O)c1c(C)nc(-c2ccccc2)n1OC.O=Cc1ccccc1. The highest BCUT2D eigenvalue weighted by molar-refractivity contribution is 5.90. The molecule has 0 amide bonds. The van der Waals surface area contributed by atoms with Crippen molar-refractivity contribution >= 4 is 18.2 Å². The van der Waals surface area contributed by atoms with Crippen LogP contribution >= 0.6 is 0 Å². The molecule has 0 aliphatic carbocycles. The lowest BCUT2D eigenvalue weighted by Crippen LogP contribution is -2.18. The van der Waals surface area contributed by atoms with Crippen LogP contribution in [0.25, 0.3) is 22.8 Å². The third-order valence-corrected chi connectivity index (χ3v) is 6.16. The van der Waals surface area contributed by atoms with Gasteiger partial charge in [0.1, 0.15) is 13.4 Å². The van der Waals surface area contributed by atoms with Crippen LogP contribution in [0, 0.1) is 13.8 Å². The zero-order valence-electron chi connectivity index (χ0n) is 25.8. The van der Waals surface area contributed by atoms with Crippen LogP contribution in [0.3, 0.4) is 0 Å². The molecular formula is C34H36N4O7. The van der Waals surface area contributed by atoms with Crippen LogP contribution in [0.4, 0.5) is 0 Å². The highest BCUT2D eigenvalue weighted by atomic mass is 16.7. The molecule has 11 heteroatoms. The maximum Gasteiger partial charge on any atom is 0.360 e. The van der Waals surface area contributed by atoms with E-state index in [1.54, 1.807) is 39.8 Å². The summed E-state index contributed by atoms with van der Waals surface area (Å²) in [5.74, 6) is -0.0940. The van der Waals surface area contributed by atoms with E-state index >= 15 is 0 Å². The predicted molar refractivity (Wildman–Crippen MR) is 168 cm³/mol. The van der Waals surface area contributed by atoms with Gasteiger partial charge in [-0.3, -0.25) is 4.79 Å². The number of nitrogens with zero attached hydrogens (tertiary/aromatic N) is 4. The lowest BCUT2D eigenvalue weighted by Gasteiger charge is -2.09. The molecule has 0 aliphatic heterocycles. The molecule has 45 heavy (non-hydrogen) atoms. The second-order valence-corrected chi connectivity index (χ2v) is 9.23. The van der Waals surface area contributed by atoms with E-state index in [4.69, 9.17) is 14.3 Å². The Bertz CT molecular complexity index is 1680. The van der Waals surface area contributed by atoms with Gasteiger partial charge in [-0.25, -0.2) is 19.6 Å². The summed E-state index contributed by atoms with van der Waals surface area (Å²) < 4.78 is 12.1. The standard InChI is InChI=1S/C14H16N2O3.C13H14N2O3.C7H6O/c1-4-19-14(17)12-10(2)15-13(16(12)18-3)11-8-6-5-7-9-11;1-3-18-13(16)11-9(2)14-12(15(11)17)10-7-5-4-6-8-10;8-6-7-4-2-1-3-5-7/h5-9H,4H2,1-3H3;4-8,17H,3H2,1-2H3;1-6H. The first kappa shape index (κ1) is 33.8. The van der Waals surface area contributed by atoms with E-state index in [1.165, 1.54) is 11.8 Å². The molecule has 2 heterocycles. The van der Waals surface area contributed by atoms with Crippen LogP contribution < -0.4 is 4.84 Å². The van der Waals surface area contributed by atoms with Crippen LogP contribution in [0.15, 0.2) is 91.0 Å². The van der Waals surface area contributed by atoms with Gasteiger partial charge in [-0.1, -0.05) is 91.0 Å². The minimum Gasteiger partial charge on any atom is -0.461 e. The first-order chi connectivity index (χ1) is 21.8. The van der Waals surface area contributed by atoms with Gasteiger partial charge in [0.25, 0.3) is 0 Å². The van der Waals surface area contributed by atoms with E-state index in [-0.39, 0.29) is 12.3 Å². The zero-order valence-corrected chi connectivity index (χ0v) is 25.8. The summed E-state index contributed by atoms with van der Waals surface area (Å²) in [4.78, 5) is 47.5. The number of hydrogen-bond acceptors (Lipinski definition) is 9. The van der Waals surface area contributed by atoms with Crippen molar-refractivity contribution in [3.8, 4) is 22.8 Å². The summed E-state index contributed by atoms with van der Waals surface area (Å²) in [6.45, 7) is 7.46. The molecule has 0 aliphatic rings. The first-order valence-corrected chi connectivity index (χ1v) is 14.1. The summed E-state index contributed by atoms with van der Waals surface area (Å²) >= 11 is 0. The topological polar surface area (TPSA) is 135 Å². The quantitative estimate of drug-likeness (QED) is 0.130. The average Bonchev–Trinajstić information content (AvgIpc) is 3.57. The van der Waals surface area contributed by atoms with Crippen molar-refractivity contribution in [1.82, 2.24) is 19.4 Å². The number of aldehydes is 1. The predicted octanol–water partition coefficient (Wildman–Crippen LogP) is 5.87. The van der Waals surface area contributed by atoms with Gasteiger partial charge < -0.3 is 19.5 Å². The highest BCUT2D eigenvalue weighted by Gasteiger charge is 2.24. The van der Waals surface area contributed by atoms with E-state index in [0.29, 0.717) is 35.3 Å². The summed E-state index contributed by atoms with van der Waals surface area (Å²) in [6.07, 6.45) is 0.833. The molecule has 11 nitrogen and oxygen atoms in total. The Hall–Kier alpha value is -5.71. The molecule has 5 aromatic rings. The van der Waals surface area contributed by atoms with Crippen LogP contribution in [0.2, 0.25) is 0 Å². The molecule has 0 atom stereocenters. The zero-order chi connectivity index (χ0) is 32.8. The van der Waals surface area contributed by atoms with E-state index in [2.05, 4.69) is 9.97 Å². The average molecular weight is 613 g/mol. The van der Waals surface area contributed by atoms with Crippen LogP contribution in [-0.2, 0) is 9.47 Å². The van der Waals surface area contributed by atoms with Gasteiger partial charge in [-0.2, -0.15) is 9.46 Å². The van der Waals surface area contributed by atoms with E-state index in [0.717, 1.165) is 27.7 Å². The van der Waals surface area contributed by atoms with Gasteiger partial charge in [0.05, 0.1) is 24.6 Å². The Kier molecular flexibility index (Phi) is 12.6. The summed E-state index contributed by atoms with van der Waals surface area (Å²) in [5.41, 5.74) is 3.75. The maximum absolute atomic E-state index is 11.9.